The smallest absolute Gasteiger partial charge is 0.338 e. The summed E-state index contributed by atoms with van der Waals surface area (Å²) >= 11 is 4.86. The van der Waals surface area contributed by atoms with Gasteiger partial charge in [0.1, 0.15) is 0 Å². The fourth-order valence-electron chi connectivity index (χ4n) is 4.55. The minimum atomic E-state index is -0.817. The van der Waals surface area contributed by atoms with Crippen LogP contribution in [0, 0.1) is 0 Å². The lowest BCUT2D eigenvalue weighted by atomic mass is 9.95. The lowest BCUT2D eigenvalue weighted by Gasteiger charge is -2.26. The van der Waals surface area contributed by atoms with Gasteiger partial charge >= 0.3 is 5.97 Å². The molecular formula is C30H33BrN2O7S. The van der Waals surface area contributed by atoms with Gasteiger partial charge in [-0.25, -0.2) is 9.79 Å². The SMILES string of the molecule is CCOC(=O)C1=C(C)N=c2s/c(=C\c3ccc(OC(C)C)c(OCC)c3)c(=O)n2[C@H]1c1cc(OC)c(OC)cc1Br. The van der Waals surface area contributed by atoms with Crippen LogP contribution in [0.25, 0.3) is 6.08 Å². The van der Waals surface area contributed by atoms with Gasteiger partial charge in [-0.05, 0) is 76.1 Å². The normalized spacial score (nSPS) is 15.0. The van der Waals surface area contributed by atoms with Crippen LogP contribution in [0.15, 0.2) is 55.9 Å². The van der Waals surface area contributed by atoms with Crippen LogP contribution in [0.2, 0.25) is 0 Å². The van der Waals surface area contributed by atoms with Crippen molar-refractivity contribution in [3.63, 3.8) is 0 Å². The van der Waals surface area contributed by atoms with E-state index >= 15 is 0 Å². The average Bonchev–Trinajstić information content (AvgIpc) is 3.23. The Kier molecular flexibility index (Phi) is 9.60. The van der Waals surface area contributed by atoms with Crippen LogP contribution in [0.5, 0.6) is 23.0 Å². The molecule has 0 aliphatic carbocycles. The number of aromatic nitrogens is 1. The third-order valence-corrected chi connectivity index (χ3v) is 7.91. The highest BCUT2D eigenvalue weighted by Crippen LogP contribution is 2.40. The molecule has 1 atom stereocenters. The summed E-state index contributed by atoms with van der Waals surface area (Å²) in [6.07, 6.45) is 1.77. The molecule has 4 rings (SSSR count). The van der Waals surface area contributed by atoms with Gasteiger partial charge in [-0.3, -0.25) is 9.36 Å². The summed E-state index contributed by atoms with van der Waals surface area (Å²) < 4.78 is 30.7. The van der Waals surface area contributed by atoms with Gasteiger partial charge in [0.05, 0.1) is 55.4 Å². The monoisotopic (exact) mass is 644 g/mol. The lowest BCUT2D eigenvalue weighted by Crippen LogP contribution is -2.40. The Morgan fingerprint density at radius 1 is 1.07 bits per heavy atom. The number of esters is 1. The van der Waals surface area contributed by atoms with Gasteiger partial charge in [0.15, 0.2) is 27.8 Å². The fraction of sp³-hybridized carbons (Fsp3) is 0.367. The number of rotatable bonds is 10. The molecule has 0 N–H and O–H groups in total. The first kappa shape index (κ1) is 30.4. The highest BCUT2D eigenvalue weighted by Gasteiger charge is 2.35. The first-order valence-electron chi connectivity index (χ1n) is 13.2. The van der Waals surface area contributed by atoms with Crippen LogP contribution in [0.3, 0.4) is 0 Å². The van der Waals surface area contributed by atoms with E-state index in [2.05, 4.69) is 20.9 Å². The number of benzene rings is 2. The first-order chi connectivity index (χ1) is 19.6. The van der Waals surface area contributed by atoms with Crippen LogP contribution in [0.1, 0.15) is 51.8 Å². The van der Waals surface area contributed by atoms with E-state index < -0.39 is 12.0 Å². The molecule has 3 aromatic rings. The number of hydrogen-bond donors (Lipinski definition) is 0. The van der Waals surface area contributed by atoms with Crippen molar-refractivity contribution in [3.05, 3.63) is 76.9 Å². The zero-order chi connectivity index (χ0) is 29.8. The van der Waals surface area contributed by atoms with Gasteiger partial charge in [-0.15, -0.1) is 0 Å². The zero-order valence-electron chi connectivity index (χ0n) is 24.1. The second kappa shape index (κ2) is 12.9. The van der Waals surface area contributed by atoms with Crippen molar-refractivity contribution in [2.45, 2.75) is 46.8 Å². The average molecular weight is 646 g/mol. The molecule has 0 saturated carbocycles. The topological polar surface area (TPSA) is 97.6 Å². The number of hydrogen-bond acceptors (Lipinski definition) is 9. The van der Waals surface area contributed by atoms with Crippen molar-refractivity contribution in [3.8, 4) is 23.0 Å². The maximum absolute atomic E-state index is 14.0. The van der Waals surface area contributed by atoms with Crippen LogP contribution in [-0.2, 0) is 9.53 Å². The van der Waals surface area contributed by atoms with Crippen molar-refractivity contribution in [1.29, 1.82) is 0 Å². The Balaban J connectivity index is 1.94. The Hall–Kier alpha value is -3.57. The highest BCUT2D eigenvalue weighted by molar-refractivity contribution is 9.10. The van der Waals surface area contributed by atoms with E-state index in [0.717, 1.165) is 5.56 Å². The number of ether oxygens (including phenoxy) is 5. The van der Waals surface area contributed by atoms with E-state index in [0.29, 0.717) is 54.7 Å². The van der Waals surface area contributed by atoms with E-state index in [-0.39, 0.29) is 23.8 Å². The van der Waals surface area contributed by atoms with Crippen molar-refractivity contribution in [1.82, 2.24) is 4.57 Å². The van der Waals surface area contributed by atoms with E-state index in [9.17, 15) is 9.59 Å². The van der Waals surface area contributed by atoms with Gasteiger partial charge < -0.3 is 23.7 Å². The molecule has 2 heterocycles. The number of halogens is 1. The third kappa shape index (κ3) is 6.20. The number of fused-ring (bicyclic) bond motifs is 1. The molecule has 2 aromatic carbocycles. The quantitative estimate of drug-likeness (QED) is 0.294. The highest BCUT2D eigenvalue weighted by atomic mass is 79.9. The van der Waals surface area contributed by atoms with Gasteiger partial charge in [0.25, 0.3) is 5.56 Å². The summed E-state index contributed by atoms with van der Waals surface area (Å²) in [5, 5.41) is 0. The number of methoxy groups -OCH3 is 2. The summed E-state index contributed by atoms with van der Waals surface area (Å²) in [6.45, 7) is 9.92. The van der Waals surface area contributed by atoms with Crippen molar-refractivity contribution in [2.24, 2.45) is 4.99 Å². The van der Waals surface area contributed by atoms with Gasteiger partial charge in [-0.1, -0.05) is 33.3 Å². The fourth-order valence-corrected chi connectivity index (χ4v) is 6.14. The van der Waals surface area contributed by atoms with E-state index in [1.54, 1.807) is 39.2 Å². The molecule has 218 valence electrons. The van der Waals surface area contributed by atoms with Crippen molar-refractivity contribution in [2.75, 3.05) is 27.4 Å². The molecule has 41 heavy (non-hydrogen) atoms. The molecule has 0 bridgehead atoms. The van der Waals surface area contributed by atoms with Crippen LogP contribution < -0.4 is 33.8 Å². The summed E-state index contributed by atoms with van der Waals surface area (Å²) in [6, 6.07) is 8.23. The molecule has 0 saturated heterocycles. The predicted octanol–water partition coefficient (Wildman–Crippen LogP) is 4.76. The molecule has 1 aliphatic rings. The standard InChI is InChI=1S/C30H33BrN2O7S/c1-8-38-24-12-18(10-11-21(24)40-16(3)4)13-25-28(34)33-27(19-14-22(36-6)23(37-7)15-20(19)31)26(29(35)39-9-2)17(5)32-30(33)41-25/h10-16,27H,8-9H2,1-7H3/b25-13-/t27-/m0/s1. The number of nitrogens with zero attached hydrogens (tertiary/aromatic N) is 2. The number of carbonyl (C=O) groups is 1. The molecule has 0 amide bonds. The Bertz CT molecular complexity index is 1670. The van der Waals surface area contributed by atoms with E-state index in [4.69, 9.17) is 23.7 Å². The van der Waals surface area contributed by atoms with Crippen LogP contribution >= 0.6 is 27.3 Å². The Morgan fingerprint density at radius 2 is 1.78 bits per heavy atom. The molecular weight excluding hydrogens is 612 g/mol. The largest absolute Gasteiger partial charge is 0.493 e. The van der Waals surface area contributed by atoms with Gasteiger partial charge in [0.2, 0.25) is 0 Å². The van der Waals surface area contributed by atoms with Gasteiger partial charge in [-0.2, -0.15) is 0 Å². The Morgan fingerprint density at radius 3 is 2.41 bits per heavy atom. The number of carbonyl (C=O) groups excluding carboxylic acids is 1. The summed E-state index contributed by atoms with van der Waals surface area (Å²) in [4.78, 5) is 32.4. The minimum absolute atomic E-state index is 0.0171. The maximum Gasteiger partial charge on any atom is 0.338 e. The molecule has 1 aromatic heterocycles. The summed E-state index contributed by atoms with van der Waals surface area (Å²) in [5.41, 5.74) is 1.83. The molecule has 9 nitrogen and oxygen atoms in total. The number of thiazole rings is 1. The van der Waals surface area contributed by atoms with Crippen molar-refractivity contribution < 1.29 is 28.5 Å². The molecule has 0 radical (unpaired) electrons. The van der Waals surface area contributed by atoms with Crippen molar-refractivity contribution >= 4 is 39.3 Å². The zero-order valence-corrected chi connectivity index (χ0v) is 26.5. The van der Waals surface area contributed by atoms with E-state index in [1.165, 1.54) is 23.0 Å². The maximum atomic E-state index is 14.0. The van der Waals surface area contributed by atoms with Crippen LogP contribution in [-0.4, -0.2) is 44.1 Å². The molecule has 11 heteroatoms. The van der Waals surface area contributed by atoms with Gasteiger partial charge in [0, 0.05) is 4.47 Å². The first-order valence-corrected chi connectivity index (χ1v) is 14.8. The summed E-state index contributed by atoms with van der Waals surface area (Å²) in [7, 11) is 3.07. The second-order valence-corrected chi connectivity index (χ2v) is 11.2. The molecule has 0 unspecified atom stereocenters. The molecule has 1 aliphatic heterocycles. The van der Waals surface area contributed by atoms with E-state index in [1.807, 2.05) is 39.0 Å². The molecule has 0 spiro atoms. The lowest BCUT2D eigenvalue weighted by molar-refractivity contribution is -0.139. The predicted molar refractivity (Wildman–Crippen MR) is 161 cm³/mol. The summed E-state index contributed by atoms with van der Waals surface area (Å²) in [5.74, 6) is 1.64. The Labute approximate surface area is 250 Å². The minimum Gasteiger partial charge on any atom is -0.493 e. The molecule has 0 fully saturated rings. The van der Waals surface area contributed by atoms with Crippen LogP contribution in [0.4, 0.5) is 0 Å². The second-order valence-electron chi connectivity index (χ2n) is 9.34. The number of allylic oxidation sites excluding steroid dienone is 1. The third-order valence-electron chi connectivity index (χ3n) is 6.24.